The normalized spacial score (nSPS) is 23.5. The Balaban J connectivity index is 3.27. The molecule has 0 fully saturated rings. The molecule has 1 rings (SSSR count). The van der Waals surface area contributed by atoms with Crippen molar-refractivity contribution in [2.75, 3.05) is 0 Å². The van der Waals surface area contributed by atoms with E-state index in [1.807, 2.05) is 0 Å². The molecule has 0 atom stereocenters. The fraction of sp³-hybridized carbons (Fsp3) is 0.200. The van der Waals surface area contributed by atoms with E-state index in [1.165, 1.54) is 0 Å². The monoisotopic (exact) mass is 490 g/mol. The predicted octanol–water partition coefficient (Wildman–Crippen LogP) is 5.33. The summed E-state index contributed by atoms with van der Waals surface area (Å²) in [5.74, 6) is 0. The smallest absolute Gasteiger partial charge is 0.0948 e. The van der Waals surface area contributed by atoms with Gasteiger partial charge in [-0.25, -0.2) is 0 Å². The largest absolute Gasteiger partial charge is 0.164 e. The van der Waals surface area contributed by atoms with E-state index >= 15 is 0 Å². The molecule has 0 nitrogen and oxygen atoms in total. The van der Waals surface area contributed by atoms with Gasteiger partial charge in [0.25, 0.3) is 0 Å². The lowest BCUT2D eigenvalue weighted by molar-refractivity contribution is 1.32. The van der Waals surface area contributed by atoms with Gasteiger partial charge in [-0.15, -0.1) is 0 Å². The minimum Gasteiger partial charge on any atom is -0.0948 e. The quantitative estimate of drug-likeness (QED) is 0.399. The molecular weight excluding hydrogens is 495 g/mol. The maximum atomic E-state index is 6.11. The molecule has 1 aliphatic rings. The lowest BCUT2D eigenvalue weighted by atomic mass is 10.5. The zero-order valence-electron chi connectivity index (χ0n) is 4.77. The molecule has 0 N–H and O–H groups in total. The van der Waals surface area contributed by atoms with Crippen LogP contribution in [0, 0.1) is 0 Å². The van der Waals surface area contributed by atoms with Crippen molar-refractivity contribution in [3.63, 3.8) is 0 Å². The molecule has 0 aromatic carbocycles. The molecule has 0 heterocycles. The SMILES string of the molecule is ClC1(Br)C(Br)=C(Br)C(Br)=C1Br. The van der Waals surface area contributed by atoms with E-state index in [-0.39, 0.29) is 0 Å². The van der Waals surface area contributed by atoms with Gasteiger partial charge in [-0.1, -0.05) is 59.4 Å². The van der Waals surface area contributed by atoms with Crippen LogP contribution in [0.4, 0.5) is 0 Å². The minimum atomic E-state index is -0.662. The Bertz CT molecular complexity index is 238. The fourth-order valence-electron chi connectivity index (χ4n) is 0.565. The van der Waals surface area contributed by atoms with Gasteiger partial charge in [0, 0.05) is 17.9 Å². The molecule has 0 unspecified atom stereocenters. The van der Waals surface area contributed by atoms with Crippen LogP contribution in [0.15, 0.2) is 17.9 Å². The summed E-state index contributed by atoms with van der Waals surface area (Å²) in [6.07, 6.45) is 0. The van der Waals surface area contributed by atoms with Crippen molar-refractivity contribution in [3.8, 4) is 0 Å². The van der Waals surface area contributed by atoms with Crippen molar-refractivity contribution in [1.29, 1.82) is 0 Å². The number of halogens is 6. The number of hydrogen-bond donors (Lipinski definition) is 0. The first kappa shape index (κ1) is 11.2. The Morgan fingerprint density at radius 3 is 1.27 bits per heavy atom. The van der Waals surface area contributed by atoms with Crippen LogP contribution in [-0.4, -0.2) is 3.78 Å². The molecule has 0 aromatic heterocycles. The molecule has 1 aliphatic carbocycles. The average Bonchev–Trinajstić information content (AvgIpc) is 2.06. The van der Waals surface area contributed by atoms with Crippen LogP contribution in [0.5, 0.6) is 0 Å². The van der Waals surface area contributed by atoms with Gasteiger partial charge in [0.15, 0.2) is 3.78 Å². The van der Waals surface area contributed by atoms with Crippen LogP contribution in [0.3, 0.4) is 0 Å². The van der Waals surface area contributed by atoms with Gasteiger partial charge in [-0.3, -0.25) is 0 Å². The van der Waals surface area contributed by atoms with Crippen LogP contribution < -0.4 is 0 Å². The highest BCUT2D eigenvalue weighted by Gasteiger charge is 2.40. The topological polar surface area (TPSA) is 0 Å². The number of hydrogen-bond acceptors (Lipinski definition) is 0. The average molecular weight is 495 g/mol. The second kappa shape index (κ2) is 3.73. The first-order valence-corrected chi connectivity index (χ1v) is 6.73. The summed E-state index contributed by atoms with van der Waals surface area (Å²) in [6, 6.07) is 0. The summed E-state index contributed by atoms with van der Waals surface area (Å²) in [5, 5.41) is 0. The summed E-state index contributed by atoms with van der Waals surface area (Å²) in [7, 11) is 0. The predicted molar refractivity (Wildman–Crippen MR) is 67.3 cm³/mol. The summed E-state index contributed by atoms with van der Waals surface area (Å²) in [6.45, 7) is 0. The van der Waals surface area contributed by atoms with Crippen molar-refractivity contribution < 1.29 is 0 Å². The summed E-state index contributed by atoms with van der Waals surface area (Å²) in [4.78, 5) is 0. The Kier molecular flexibility index (Phi) is 3.82. The summed E-state index contributed by atoms with van der Waals surface area (Å²) < 4.78 is 2.87. The minimum absolute atomic E-state index is 0.662. The molecule has 0 radical (unpaired) electrons. The third kappa shape index (κ3) is 1.84. The number of allylic oxidation sites excluding steroid dienone is 4. The molecule has 0 amide bonds. The molecule has 0 aliphatic heterocycles. The van der Waals surface area contributed by atoms with Gasteiger partial charge in [-0.2, -0.15) is 0 Å². The van der Waals surface area contributed by atoms with Gasteiger partial charge in [-0.05, 0) is 31.9 Å². The Hall–Kier alpha value is 2.17. The molecule has 0 saturated heterocycles. The van der Waals surface area contributed by atoms with Crippen molar-refractivity contribution >= 4 is 91.3 Å². The highest BCUT2D eigenvalue weighted by molar-refractivity contribution is 9.18. The third-order valence-corrected chi connectivity index (χ3v) is 8.99. The zero-order valence-corrected chi connectivity index (χ0v) is 13.5. The van der Waals surface area contributed by atoms with E-state index in [0.717, 1.165) is 17.9 Å². The van der Waals surface area contributed by atoms with E-state index in [4.69, 9.17) is 11.6 Å². The van der Waals surface area contributed by atoms with E-state index in [2.05, 4.69) is 79.6 Å². The van der Waals surface area contributed by atoms with Crippen LogP contribution in [0.1, 0.15) is 0 Å². The molecule has 62 valence electrons. The van der Waals surface area contributed by atoms with Gasteiger partial charge in [0.1, 0.15) is 0 Å². The zero-order chi connectivity index (χ0) is 8.81. The fourth-order valence-corrected chi connectivity index (χ4v) is 4.49. The molecule has 11 heavy (non-hydrogen) atoms. The van der Waals surface area contributed by atoms with Crippen LogP contribution in [0.25, 0.3) is 0 Å². The van der Waals surface area contributed by atoms with Crippen molar-refractivity contribution in [2.24, 2.45) is 0 Å². The summed E-state index contributed by atoms with van der Waals surface area (Å²) >= 11 is 22.9. The molecular formula is C5Br5Cl. The van der Waals surface area contributed by atoms with Crippen molar-refractivity contribution in [1.82, 2.24) is 0 Å². The maximum absolute atomic E-state index is 6.11. The molecule has 0 saturated carbocycles. The number of alkyl halides is 2. The molecule has 0 aromatic rings. The van der Waals surface area contributed by atoms with Crippen LogP contribution >= 0.6 is 91.3 Å². The van der Waals surface area contributed by atoms with Crippen LogP contribution in [0.2, 0.25) is 0 Å². The van der Waals surface area contributed by atoms with Crippen molar-refractivity contribution in [3.05, 3.63) is 17.9 Å². The Labute approximate surface area is 111 Å². The Morgan fingerprint density at radius 2 is 1.18 bits per heavy atom. The van der Waals surface area contributed by atoms with Gasteiger partial charge >= 0.3 is 0 Å². The maximum Gasteiger partial charge on any atom is 0.164 e. The first-order chi connectivity index (χ1) is 4.89. The third-order valence-electron chi connectivity index (χ3n) is 1.13. The lowest BCUT2D eigenvalue weighted by Gasteiger charge is -2.13. The summed E-state index contributed by atoms with van der Waals surface area (Å²) in [5.41, 5.74) is 0. The van der Waals surface area contributed by atoms with E-state index < -0.39 is 3.78 Å². The van der Waals surface area contributed by atoms with Crippen molar-refractivity contribution in [2.45, 2.75) is 3.78 Å². The Morgan fingerprint density at radius 1 is 0.909 bits per heavy atom. The molecule has 6 heteroatoms. The van der Waals surface area contributed by atoms with Gasteiger partial charge in [0.05, 0.1) is 0 Å². The molecule has 0 bridgehead atoms. The second-order valence-corrected chi connectivity index (χ2v) is 7.22. The van der Waals surface area contributed by atoms with E-state index in [1.54, 1.807) is 0 Å². The standard InChI is InChI=1S/C5Br5Cl/c6-1-2(7)4(9)5(10,11)3(1)8. The first-order valence-electron chi connectivity index (χ1n) is 2.38. The molecule has 0 spiro atoms. The second-order valence-electron chi connectivity index (χ2n) is 1.83. The lowest BCUT2D eigenvalue weighted by Crippen LogP contribution is -2.07. The number of rotatable bonds is 0. The highest BCUT2D eigenvalue weighted by atomic mass is 79.9. The van der Waals surface area contributed by atoms with E-state index in [0.29, 0.717) is 0 Å². The van der Waals surface area contributed by atoms with Gasteiger partial charge < -0.3 is 0 Å². The highest BCUT2D eigenvalue weighted by Crippen LogP contribution is 2.57. The van der Waals surface area contributed by atoms with Crippen LogP contribution in [-0.2, 0) is 0 Å². The van der Waals surface area contributed by atoms with E-state index in [9.17, 15) is 0 Å². The van der Waals surface area contributed by atoms with Gasteiger partial charge in [0.2, 0.25) is 0 Å².